The highest BCUT2D eigenvalue weighted by Gasteiger charge is 2.32. The second-order valence-corrected chi connectivity index (χ2v) is 10.6. The summed E-state index contributed by atoms with van der Waals surface area (Å²) in [4.78, 5) is 21.4. The molecular formula is C19H30N4O3S. The minimum absolute atomic E-state index is 0.0148. The van der Waals surface area contributed by atoms with Gasteiger partial charge in [0.1, 0.15) is 12.1 Å². The van der Waals surface area contributed by atoms with Crippen molar-refractivity contribution in [2.75, 3.05) is 25.7 Å². The first kappa shape index (κ1) is 20.1. The van der Waals surface area contributed by atoms with Crippen molar-refractivity contribution in [3.8, 4) is 0 Å². The molecule has 0 saturated heterocycles. The Balaban J connectivity index is 1.96. The van der Waals surface area contributed by atoms with Crippen molar-refractivity contribution in [2.24, 2.45) is 23.0 Å². The van der Waals surface area contributed by atoms with E-state index in [2.05, 4.69) is 4.99 Å². The monoisotopic (exact) mass is 394 g/mol. The van der Waals surface area contributed by atoms with E-state index in [1.54, 1.807) is 30.3 Å². The van der Waals surface area contributed by atoms with Crippen LogP contribution in [0.2, 0.25) is 0 Å². The summed E-state index contributed by atoms with van der Waals surface area (Å²) in [7, 11) is -0.234. The molecule has 3 rings (SSSR count). The lowest BCUT2D eigenvalue weighted by atomic mass is 10.0. The van der Waals surface area contributed by atoms with E-state index >= 15 is 0 Å². The molecule has 2 heterocycles. The number of hydrogen-bond donors (Lipinski definition) is 1. The van der Waals surface area contributed by atoms with Crippen LogP contribution in [-0.4, -0.2) is 57.4 Å². The number of ether oxygens (including phenoxy) is 1. The Labute approximate surface area is 162 Å². The molecule has 1 aromatic rings. The van der Waals surface area contributed by atoms with Crippen LogP contribution in [0.25, 0.3) is 0 Å². The summed E-state index contributed by atoms with van der Waals surface area (Å²) < 4.78 is 20.1. The largest absolute Gasteiger partial charge is 0.370 e. The molecule has 2 atom stereocenters. The lowest BCUT2D eigenvalue weighted by Crippen LogP contribution is -2.37. The number of nitrogens with zero attached hydrogens (tertiary/aromatic N) is 4. The van der Waals surface area contributed by atoms with Crippen LogP contribution in [0.1, 0.15) is 36.9 Å². The van der Waals surface area contributed by atoms with Gasteiger partial charge in [0.25, 0.3) is 5.56 Å². The first-order chi connectivity index (χ1) is 12.7. The molecule has 1 saturated carbocycles. The number of pyridine rings is 1. The Kier molecular flexibility index (Phi) is 5.79. The quantitative estimate of drug-likeness (QED) is 0.805. The molecule has 0 amide bonds. The van der Waals surface area contributed by atoms with Crippen molar-refractivity contribution in [1.29, 1.82) is 0 Å². The van der Waals surface area contributed by atoms with Crippen LogP contribution in [-0.2, 0) is 11.8 Å². The highest BCUT2D eigenvalue weighted by molar-refractivity contribution is 8.26. The van der Waals surface area contributed by atoms with Gasteiger partial charge in [-0.2, -0.15) is 0 Å². The summed E-state index contributed by atoms with van der Waals surface area (Å²) in [6, 6.07) is 1.59. The van der Waals surface area contributed by atoms with E-state index in [1.807, 2.05) is 30.4 Å². The highest BCUT2D eigenvalue weighted by atomic mass is 32.3. The summed E-state index contributed by atoms with van der Waals surface area (Å²) in [5.74, 6) is 1.15. The van der Waals surface area contributed by atoms with Gasteiger partial charge in [0, 0.05) is 44.1 Å². The lowest BCUT2D eigenvalue weighted by Gasteiger charge is -2.39. The third-order valence-corrected chi connectivity index (χ3v) is 6.40. The Morgan fingerprint density at radius 1 is 1.41 bits per heavy atom. The van der Waals surface area contributed by atoms with E-state index in [1.165, 1.54) is 12.8 Å². The minimum Gasteiger partial charge on any atom is -0.370 e. The molecular weight excluding hydrogens is 364 g/mol. The van der Waals surface area contributed by atoms with Crippen LogP contribution in [0.5, 0.6) is 0 Å². The average Bonchev–Trinajstić information content (AvgIpc) is 3.41. The van der Waals surface area contributed by atoms with E-state index in [-0.39, 0.29) is 17.7 Å². The maximum Gasteiger partial charge on any atom is 0.253 e. The SMILES string of the molecule is CCN(C1=NC(c2cc(C)c(=O)n(C)c2)C(OCC2CC2)C=N1)S(C)(C)O. The van der Waals surface area contributed by atoms with E-state index in [0.29, 0.717) is 30.6 Å². The zero-order valence-corrected chi connectivity index (χ0v) is 17.6. The normalized spacial score (nSPS) is 23.3. The van der Waals surface area contributed by atoms with Crippen molar-refractivity contribution < 1.29 is 9.29 Å². The number of hydrogen-bond acceptors (Lipinski definition) is 6. The molecule has 0 aromatic carbocycles. The van der Waals surface area contributed by atoms with Crippen LogP contribution in [0.15, 0.2) is 27.0 Å². The molecule has 2 unspecified atom stereocenters. The number of aliphatic imine (C=N–C) groups is 2. The summed E-state index contributed by atoms with van der Waals surface area (Å²) in [6.45, 7) is 5.11. The maximum atomic E-state index is 12.1. The Hall–Kier alpha value is -1.64. The van der Waals surface area contributed by atoms with Crippen LogP contribution >= 0.6 is 10.5 Å². The molecule has 1 fully saturated rings. The summed E-state index contributed by atoms with van der Waals surface area (Å²) in [5, 5.41) is 0. The number of guanidine groups is 1. The second kappa shape index (κ2) is 7.77. The van der Waals surface area contributed by atoms with Crippen LogP contribution in [0.4, 0.5) is 0 Å². The first-order valence-corrected chi connectivity index (χ1v) is 11.7. The van der Waals surface area contributed by atoms with Crippen molar-refractivity contribution in [2.45, 2.75) is 38.8 Å². The highest BCUT2D eigenvalue weighted by Crippen LogP contribution is 2.41. The lowest BCUT2D eigenvalue weighted by molar-refractivity contribution is 0.0745. The molecule has 1 aromatic heterocycles. The predicted molar refractivity (Wildman–Crippen MR) is 112 cm³/mol. The van der Waals surface area contributed by atoms with Crippen LogP contribution in [0.3, 0.4) is 0 Å². The van der Waals surface area contributed by atoms with Gasteiger partial charge in [0.15, 0.2) is 0 Å². The molecule has 27 heavy (non-hydrogen) atoms. The van der Waals surface area contributed by atoms with E-state index < -0.39 is 10.5 Å². The number of aryl methyl sites for hydroxylation is 2. The second-order valence-electron chi connectivity index (χ2n) is 7.68. The third kappa shape index (κ3) is 4.62. The fourth-order valence-electron chi connectivity index (χ4n) is 3.24. The molecule has 8 heteroatoms. The Morgan fingerprint density at radius 3 is 2.67 bits per heavy atom. The van der Waals surface area contributed by atoms with Gasteiger partial charge in [0.05, 0.1) is 6.61 Å². The van der Waals surface area contributed by atoms with E-state index in [9.17, 15) is 9.35 Å². The van der Waals surface area contributed by atoms with Gasteiger partial charge < -0.3 is 13.9 Å². The molecule has 0 spiro atoms. The maximum absolute atomic E-state index is 12.1. The zero-order valence-electron chi connectivity index (χ0n) is 16.8. The van der Waals surface area contributed by atoms with Gasteiger partial charge >= 0.3 is 0 Å². The van der Waals surface area contributed by atoms with Crippen molar-refractivity contribution in [3.63, 3.8) is 0 Å². The number of rotatable bonds is 6. The van der Waals surface area contributed by atoms with Crippen molar-refractivity contribution in [3.05, 3.63) is 33.7 Å². The average molecular weight is 395 g/mol. The van der Waals surface area contributed by atoms with Gasteiger partial charge in [-0.25, -0.2) is 9.98 Å². The number of aromatic nitrogens is 1. The standard InChI is InChI=1S/C19H30N4O3S/c1-6-23(27(4,5)25)19-20-10-16(26-12-14-7-8-14)17(21-19)15-9-13(2)18(24)22(3)11-15/h9-11,14,16-17,25H,6-8,12H2,1-5H3. The van der Waals surface area contributed by atoms with E-state index in [0.717, 1.165) is 5.56 Å². The Morgan fingerprint density at radius 2 is 2.11 bits per heavy atom. The predicted octanol–water partition coefficient (Wildman–Crippen LogP) is 2.74. The van der Waals surface area contributed by atoms with Gasteiger partial charge in [-0.1, -0.05) is 10.5 Å². The molecule has 1 aliphatic carbocycles. The zero-order chi connectivity index (χ0) is 19.8. The van der Waals surface area contributed by atoms with E-state index in [4.69, 9.17) is 9.73 Å². The molecule has 2 aliphatic rings. The summed E-state index contributed by atoms with van der Waals surface area (Å²) in [5.41, 5.74) is 1.58. The topological polar surface area (TPSA) is 79.4 Å². The molecule has 0 radical (unpaired) electrons. The van der Waals surface area contributed by atoms with Crippen LogP contribution < -0.4 is 5.56 Å². The third-order valence-electron chi connectivity index (χ3n) is 4.90. The van der Waals surface area contributed by atoms with Crippen LogP contribution in [0, 0.1) is 12.8 Å². The molecule has 1 N–H and O–H groups in total. The van der Waals surface area contributed by atoms with Crippen molar-refractivity contribution in [1.82, 2.24) is 8.87 Å². The molecule has 7 nitrogen and oxygen atoms in total. The molecule has 1 aliphatic heterocycles. The fraction of sp³-hybridized carbons (Fsp3) is 0.632. The minimum atomic E-state index is -1.98. The Bertz CT molecular complexity index is 782. The van der Waals surface area contributed by atoms with Gasteiger partial charge in [-0.3, -0.25) is 9.10 Å². The van der Waals surface area contributed by atoms with Crippen molar-refractivity contribution >= 4 is 22.7 Å². The first-order valence-electron chi connectivity index (χ1n) is 9.35. The van der Waals surface area contributed by atoms with Gasteiger partial charge in [-0.15, -0.1) is 0 Å². The summed E-state index contributed by atoms with van der Waals surface area (Å²) >= 11 is 0. The fourth-order valence-corrected chi connectivity index (χ4v) is 4.37. The van der Waals surface area contributed by atoms with Gasteiger partial charge in [-0.05, 0) is 44.2 Å². The summed E-state index contributed by atoms with van der Waals surface area (Å²) in [6.07, 6.45) is 9.37. The molecule has 0 bridgehead atoms. The van der Waals surface area contributed by atoms with Gasteiger partial charge in [0.2, 0.25) is 5.96 Å². The smallest absolute Gasteiger partial charge is 0.253 e. The molecule has 150 valence electrons.